The van der Waals surface area contributed by atoms with Gasteiger partial charge >= 0.3 is 0 Å². The number of benzene rings is 1. The SMILES string of the molecule is C#C/C=C\C=C(/CCl)c1c(S(=O)(=O)c2cccc(C)c2)sc2ncccc12. The molecule has 0 fully saturated rings. The van der Waals surface area contributed by atoms with Crippen LogP contribution in [0.5, 0.6) is 0 Å². The summed E-state index contributed by atoms with van der Waals surface area (Å²) in [7, 11) is -3.73. The number of thiophene rings is 1. The van der Waals surface area contributed by atoms with Crippen LogP contribution in [-0.4, -0.2) is 19.3 Å². The molecule has 3 aromatic rings. The molecule has 2 heterocycles. The zero-order valence-electron chi connectivity index (χ0n) is 14.5. The van der Waals surface area contributed by atoms with E-state index in [0.29, 0.717) is 16.0 Å². The van der Waals surface area contributed by atoms with Crippen molar-refractivity contribution >= 4 is 48.6 Å². The third-order valence-corrected chi connectivity index (χ3v) is 7.60. The number of fused-ring (bicyclic) bond motifs is 1. The Labute approximate surface area is 167 Å². The van der Waals surface area contributed by atoms with Gasteiger partial charge in [-0.05, 0) is 48.4 Å². The highest BCUT2D eigenvalue weighted by atomic mass is 35.5. The predicted molar refractivity (Wildman–Crippen MR) is 113 cm³/mol. The van der Waals surface area contributed by atoms with Gasteiger partial charge in [-0.1, -0.05) is 30.2 Å². The van der Waals surface area contributed by atoms with E-state index in [1.165, 1.54) is 6.08 Å². The molecule has 0 saturated heterocycles. The molecule has 0 aliphatic carbocycles. The fourth-order valence-corrected chi connectivity index (χ4v) is 6.13. The maximum Gasteiger partial charge on any atom is 0.216 e. The van der Waals surface area contributed by atoms with Gasteiger partial charge in [-0.15, -0.1) is 29.4 Å². The minimum atomic E-state index is -3.73. The second kappa shape index (κ2) is 8.10. The number of halogens is 1. The van der Waals surface area contributed by atoms with E-state index in [9.17, 15) is 8.42 Å². The van der Waals surface area contributed by atoms with Gasteiger partial charge < -0.3 is 0 Å². The normalized spacial score (nSPS) is 12.6. The fraction of sp³-hybridized carbons (Fsp3) is 0.0952. The van der Waals surface area contributed by atoms with Gasteiger partial charge in [0, 0.05) is 23.0 Å². The second-order valence-corrected chi connectivity index (χ2v) is 9.20. The van der Waals surface area contributed by atoms with Crippen molar-refractivity contribution in [3.05, 3.63) is 72.0 Å². The maximum absolute atomic E-state index is 13.4. The Morgan fingerprint density at radius 3 is 2.85 bits per heavy atom. The van der Waals surface area contributed by atoms with Crippen molar-refractivity contribution in [2.24, 2.45) is 0 Å². The lowest BCUT2D eigenvalue weighted by Gasteiger charge is -2.09. The van der Waals surface area contributed by atoms with E-state index in [-0.39, 0.29) is 15.0 Å². The second-order valence-electron chi connectivity index (χ2n) is 5.79. The van der Waals surface area contributed by atoms with Crippen LogP contribution >= 0.6 is 22.9 Å². The molecule has 3 nitrogen and oxygen atoms in total. The predicted octanol–water partition coefficient (Wildman–Crippen LogP) is 5.25. The van der Waals surface area contributed by atoms with Crippen molar-refractivity contribution in [3.8, 4) is 12.3 Å². The van der Waals surface area contributed by atoms with Crippen molar-refractivity contribution in [1.82, 2.24) is 4.98 Å². The first kappa shape index (κ1) is 19.4. The highest BCUT2D eigenvalue weighted by Gasteiger charge is 2.27. The van der Waals surface area contributed by atoms with Gasteiger partial charge in [-0.2, -0.15) is 0 Å². The molecule has 0 unspecified atom stereocenters. The molecule has 0 spiro atoms. The van der Waals surface area contributed by atoms with Crippen molar-refractivity contribution in [2.45, 2.75) is 16.0 Å². The average molecular weight is 414 g/mol. The van der Waals surface area contributed by atoms with Crippen LogP contribution in [0.2, 0.25) is 0 Å². The Morgan fingerprint density at radius 1 is 1.33 bits per heavy atom. The Kier molecular flexibility index (Phi) is 5.81. The fourth-order valence-electron chi connectivity index (χ4n) is 2.71. The molecule has 27 heavy (non-hydrogen) atoms. The van der Waals surface area contributed by atoms with Crippen molar-refractivity contribution in [1.29, 1.82) is 0 Å². The molecule has 0 aliphatic heterocycles. The first-order valence-corrected chi connectivity index (χ1v) is 10.9. The van der Waals surface area contributed by atoms with Crippen molar-refractivity contribution in [2.75, 3.05) is 5.88 Å². The van der Waals surface area contributed by atoms with E-state index in [2.05, 4.69) is 10.9 Å². The quantitative estimate of drug-likeness (QED) is 0.326. The number of sulfone groups is 1. The number of nitrogens with zero attached hydrogens (tertiary/aromatic N) is 1. The smallest absolute Gasteiger partial charge is 0.216 e. The number of hydrogen-bond donors (Lipinski definition) is 0. The average Bonchev–Trinajstić information content (AvgIpc) is 3.06. The highest BCUT2D eigenvalue weighted by molar-refractivity contribution is 7.93. The van der Waals surface area contributed by atoms with Crippen LogP contribution in [0.4, 0.5) is 0 Å². The highest BCUT2D eigenvalue weighted by Crippen LogP contribution is 2.40. The summed E-state index contributed by atoms with van der Waals surface area (Å²) in [5, 5.41) is 0.759. The van der Waals surface area contributed by atoms with Crippen LogP contribution in [0.1, 0.15) is 11.1 Å². The van der Waals surface area contributed by atoms with Crippen LogP contribution in [0.15, 0.2) is 69.9 Å². The van der Waals surface area contributed by atoms with Crippen LogP contribution in [0.25, 0.3) is 15.8 Å². The number of aromatic nitrogens is 1. The van der Waals surface area contributed by atoms with Gasteiger partial charge in [0.15, 0.2) is 0 Å². The minimum Gasteiger partial charge on any atom is -0.245 e. The minimum absolute atomic E-state index is 0.145. The van der Waals surface area contributed by atoms with Crippen molar-refractivity contribution in [3.63, 3.8) is 0 Å². The summed E-state index contributed by atoms with van der Waals surface area (Å²) < 4.78 is 27.0. The van der Waals surface area contributed by atoms with E-state index >= 15 is 0 Å². The molecule has 2 aromatic heterocycles. The molecule has 136 valence electrons. The van der Waals surface area contributed by atoms with Gasteiger partial charge in [-0.25, -0.2) is 13.4 Å². The van der Waals surface area contributed by atoms with Gasteiger partial charge in [-0.3, -0.25) is 0 Å². The zero-order chi connectivity index (χ0) is 19.4. The lowest BCUT2D eigenvalue weighted by atomic mass is 10.1. The van der Waals surface area contributed by atoms with E-state index in [1.807, 2.05) is 19.1 Å². The number of rotatable bonds is 5. The summed E-state index contributed by atoms with van der Waals surface area (Å²) >= 11 is 7.32. The Balaban J connectivity index is 2.32. The summed E-state index contributed by atoms with van der Waals surface area (Å²) in [5.74, 6) is 2.56. The number of allylic oxidation sites excluding steroid dienone is 4. The summed E-state index contributed by atoms with van der Waals surface area (Å²) in [6.07, 6.45) is 11.9. The molecular formula is C21H16ClNO2S2. The first-order valence-electron chi connectivity index (χ1n) is 8.06. The molecule has 0 aliphatic rings. The molecular weight excluding hydrogens is 398 g/mol. The summed E-state index contributed by atoms with van der Waals surface area (Å²) in [5.41, 5.74) is 2.14. The number of terminal acetylenes is 1. The molecule has 1 aromatic carbocycles. The van der Waals surface area contributed by atoms with Gasteiger partial charge in [0.25, 0.3) is 0 Å². The molecule has 0 N–H and O–H groups in total. The Morgan fingerprint density at radius 2 is 2.15 bits per heavy atom. The molecule has 0 bridgehead atoms. The van der Waals surface area contributed by atoms with Gasteiger partial charge in [0.2, 0.25) is 9.84 Å². The summed E-state index contributed by atoms with van der Waals surface area (Å²) in [6.45, 7) is 1.86. The third-order valence-electron chi connectivity index (χ3n) is 3.93. The van der Waals surface area contributed by atoms with Crippen LogP contribution in [0.3, 0.4) is 0 Å². The third kappa shape index (κ3) is 3.84. The largest absolute Gasteiger partial charge is 0.245 e. The first-order chi connectivity index (χ1) is 13.0. The van der Waals surface area contributed by atoms with Crippen molar-refractivity contribution < 1.29 is 8.42 Å². The van der Waals surface area contributed by atoms with Gasteiger partial charge in [0.1, 0.15) is 9.04 Å². The van der Waals surface area contributed by atoms with E-state index < -0.39 is 9.84 Å². The monoisotopic (exact) mass is 413 g/mol. The molecule has 3 rings (SSSR count). The molecule has 6 heteroatoms. The molecule has 0 saturated carbocycles. The number of hydrogen-bond acceptors (Lipinski definition) is 4. The molecule has 0 radical (unpaired) electrons. The number of aryl methyl sites for hydroxylation is 1. The van der Waals surface area contributed by atoms with E-state index in [0.717, 1.165) is 22.3 Å². The zero-order valence-corrected chi connectivity index (χ0v) is 16.9. The van der Waals surface area contributed by atoms with E-state index in [4.69, 9.17) is 18.0 Å². The standard InChI is InChI=1S/C21H16ClNO2S2/c1-3-4-5-9-16(14-22)19-18-11-7-12-23-20(18)26-21(19)27(24,25)17-10-6-8-15(2)13-17/h1,4-13H,14H2,2H3/b5-4-,16-9+. The summed E-state index contributed by atoms with van der Waals surface area (Å²) in [6, 6.07) is 10.5. The summed E-state index contributed by atoms with van der Waals surface area (Å²) in [4.78, 5) is 5.24. The van der Waals surface area contributed by atoms with Crippen LogP contribution in [-0.2, 0) is 9.84 Å². The van der Waals surface area contributed by atoms with Gasteiger partial charge in [0.05, 0.1) is 4.90 Å². The number of alkyl halides is 1. The number of pyridine rings is 1. The lowest BCUT2D eigenvalue weighted by Crippen LogP contribution is -2.03. The molecule has 0 atom stereocenters. The lowest BCUT2D eigenvalue weighted by molar-refractivity contribution is 0.598. The van der Waals surface area contributed by atoms with E-state index in [1.54, 1.807) is 42.6 Å². The molecule has 0 amide bonds. The Hall–Kier alpha value is -2.39. The van der Waals surface area contributed by atoms with Crippen LogP contribution < -0.4 is 0 Å². The maximum atomic E-state index is 13.4. The topological polar surface area (TPSA) is 47.0 Å². The Bertz CT molecular complexity index is 1200. The van der Waals surface area contributed by atoms with Crippen LogP contribution in [0, 0.1) is 19.3 Å².